The molecule has 0 saturated heterocycles. The molecule has 1 N–H and O–H groups in total. The number of halogens is 6. The average molecular weight is 400 g/mol. The van der Waals surface area contributed by atoms with Gasteiger partial charge in [-0.15, -0.1) is 0 Å². The number of nitrogens with one attached hydrogen (secondary N) is 1. The van der Waals surface area contributed by atoms with Crippen LogP contribution in [0, 0.1) is 11.3 Å². The molecule has 1 aromatic rings. The molecule has 0 aliphatic rings. The quantitative estimate of drug-likeness (QED) is 0.589. The summed E-state index contributed by atoms with van der Waals surface area (Å²) in [5.74, 6) is 0. The maximum atomic E-state index is 12.8. The third kappa shape index (κ3) is 4.91. The van der Waals surface area contributed by atoms with Crippen LogP contribution in [-0.2, 0) is 22.2 Å². The van der Waals surface area contributed by atoms with Crippen LogP contribution in [0.15, 0.2) is 29.3 Å². The van der Waals surface area contributed by atoms with Gasteiger partial charge >= 0.3 is 12.4 Å². The van der Waals surface area contributed by atoms with E-state index in [9.17, 15) is 34.8 Å². The molecule has 0 saturated carbocycles. The minimum atomic E-state index is -5.04. The van der Waals surface area contributed by atoms with Gasteiger partial charge in [-0.2, -0.15) is 31.6 Å². The second-order valence-electron chi connectivity index (χ2n) is 6.18. The maximum absolute atomic E-state index is 12.8. The Morgan fingerprint density at radius 1 is 1.00 bits per heavy atom. The molecule has 0 atom stereocenters. The molecular weight excluding hydrogens is 386 g/mol. The molecule has 1 aromatic carbocycles. The second-order valence-corrected chi connectivity index (χ2v) is 8.85. The molecule has 0 fully saturated rings. The minimum absolute atomic E-state index is 0.0635. The van der Waals surface area contributed by atoms with E-state index in [4.69, 9.17) is 5.26 Å². The van der Waals surface area contributed by atoms with E-state index in [0.717, 1.165) is 0 Å². The first-order valence-electron chi connectivity index (χ1n) is 6.91. The number of benzene rings is 1. The molecule has 26 heavy (non-hydrogen) atoms. The van der Waals surface area contributed by atoms with Crippen molar-refractivity contribution in [3.05, 3.63) is 40.4 Å². The monoisotopic (exact) mass is 400 g/mol. The predicted molar refractivity (Wildman–Crippen MR) is 82.4 cm³/mol. The fourth-order valence-electron chi connectivity index (χ4n) is 1.69. The number of rotatable bonds is 3. The summed E-state index contributed by atoms with van der Waals surface area (Å²) in [6, 6.07) is 2.07. The van der Waals surface area contributed by atoms with Crippen molar-refractivity contribution in [2.24, 2.45) is 0 Å². The van der Waals surface area contributed by atoms with Crippen LogP contribution in [0.2, 0.25) is 0 Å². The van der Waals surface area contributed by atoms with Gasteiger partial charge in [0, 0.05) is 11.9 Å². The zero-order chi connectivity index (χ0) is 20.6. The molecule has 11 heteroatoms. The molecule has 4 nitrogen and oxygen atoms in total. The largest absolute Gasteiger partial charge is 0.416 e. The summed E-state index contributed by atoms with van der Waals surface area (Å²) in [5, 5.41) is 11.0. The molecule has 0 aromatic heterocycles. The van der Waals surface area contributed by atoms with Crippen molar-refractivity contribution in [2.75, 3.05) is 5.32 Å². The van der Waals surface area contributed by atoms with Gasteiger partial charge in [0.15, 0.2) is 14.7 Å². The Morgan fingerprint density at radius 2 is 1.42 bits per heavy atom. The van der Waals surface area contributed by atoms with Gasteiger partial charge in [0.05, 0.1) is 15.9 Å². The van der Waals surface area contributed by atoms with Gasteiger partial charge < -0.3 is 5.32 Å². The molecule has 0 aliphatic carbocycles. The first-order chi connectivity index (χ1) is 11.5. The van der Waals surface area contributed by atoms with Crippen molar-refractivity contribution >= 4 is 15.5 Å². The molecule has 0 unspecified atom stereocenters. The average Bonchev–Trinajstić information content (AvgIpc) is 2.44. The number of allylic oxidation sites excluding steroid dienone is 1. The summed E-state index contributed by atoms with van der Waals surface area (Å²) in [6.07, 6.45) is -9.52. The van der Waals surface area contributed by atoms with Gasteiger partial charge in [-0.3, -0.25) is 0 Å². The molecule has 0 bridgehead atoms. The summed E-state index contributed by atoms with van der Waals surface area (Å²) in [6.45, 7) is 3.87. The molecule has 0 heterocycles. The Bertz CT molecular complexity index is 824. The lowest BCUT2D eigenvalue weighted by molar-refractivity contribution is -0.143. The summed E-state index contributed by atoms with van der Waals surface area (Å²) in [5.41, 5.74) is -3.80. The van der Waals surface area contributed by atoms with Gasteiger partial charge in [0.2, 0.25) is 0 Å². The van der Waals surface area contributed by atoms with E-state index in [-0.39, 0.29) is 6.07 Å². The van der Waals surface area contributed by atoms with Gasteiger partial charge in [-0.05, 0) is 39.0 Å². The van der Waals surface area contributed by atoms with Crippen LogP contribution in [0.25, 0.3) is 0 Å². The smallest absolute Gasteiger partial charge is 0.360 e. The second kappa shape index (κ2) is 6.83. The van der Waals surface area contributed by atoms with E-state index < -0.39 is 48.7 Å². The van der Waals surface area contributed by atoms with Crippen molar-refractivity contribution in [1.29, 1.82) is 5.26 Å². The molecule has 0 amide bonds. The van der Waals surface area contributed by atoms with Gasteiger partial charge in [-0.1, -0.05) is 0 Å². The van der Waals surface area contributed by atoms with Crippen molar-refractivity contribution in [3.63, 3.8) is 0 Å². The number of anilines is 1. The van der Waals surface area contributed by atoms with Gasteiger partial charge in [-0.25, -0.2) is 8.42 Å². The first kappa shape index (κ1) is 21.8. The lowest BCUT2D eigenvalue weighted by Crippen LogP contribution is -2.29. The van der Waals surface area contributed by atoms with Gasteiger partial charge in [0.25, 0.3) is 0 Å². The van der Waals surface area contributed by atoms with E-state index in [1.807, 2.05) is 5.32 Å². The summed E-state index contributed by atoms with van der Waals surface area (Å²) in [4.78, 5) is -0.823. The fraction of sp³-hybridized carbons (Fsp3) is 0.400. The zero-order valence-electron chi connectivity index (χ0n) is 13.7. The van der Waals surface area contributed by atoms with Crippen LogP contribution < -0.4 is 5.32 Å². The highest BCUT2D eigenvalue weighted by Crippen LogP contribution is 2.37. The summed E-state index contributed by atoms with van der Waals surface area (Å²) >= 11 is 0. The van der Waals surface area contributed by atoms with E-state index in [2.05, 4.69) is 0 Å². The number of sulfone groups is 1. The summed E-state index contributed by atoms with van der Waals surface area (Å²) in [7, 11) is -4.14. The highest BCUT2D eigenvalue weighted by molar-refractivity contribution is 7.96. The highest BCUT2D eigenvalue weighted by atomic mass is 32.2. The lowest BCUT2D eigenvalue weighted by atomic mass is 10.1. The predicted octanol–water partition coefficient (Wildman–Crippen LogP) is 4.71. The van der Waals surface area contributed by atoms with Crippen LogP contribution in [0.5, 0.6) is 0 Å². The Balaban J connectivity index is 3.43. The zero-order valence-corrected chi connectivity index (χ0v) is 14.6. The Hall–Kier alpha value is -2.22. The van der Waals surface area contributed by atoms with Crippen LogP contribution in [-0.4, -0.2) is 13.2 Å². The fourth-order valence-corrected chi connectivity index (χ4v) is 2.68. The van der Waals surface area contributed by atoms with Crippen molar-refractivity contribution < 1.29 is 34.8 Å². The molecular formula is C15H14F6N2O2S. The molecule has 1 rings (SSSR count). The Kier molecular flexibility index (Phi) is 5.73. The number of nitrogens with zero attached hydrogens (tertiary/aromatic N) is 1. The maximum Gasteiger partial charge on any atom is 0.416 e. The van der Waals surface area contributed by atoms with Crippen molar-refractivity contribution in [1.82, 2.24) is 0 Å². The Labute approximate surface area is 146 Å². The SMILES string of the molecule is CC(C)(C)S(=O)(=O)/C(C#N)=C\Nc1cc(C(F)(F)F)cc(C(F)(F)F)c1. The number of hydrogen-bond donors (Lipinski definition) is 1. The van der Waals surface area contributed by atoms with Crippen LogP contribution in [0.3, 0.4) is 0 Å². The van der Waals surface area contributed by atoms with E-state index in [1.165, 1.54) is 26.8 Å². The highest BCUT2D eigenvalue weighted by Gasteiger charge is 2.37. The van der Waals surface area contributed by atoms with Crippen molar-refractivity contribution in [3.8, 4) is 6.07 Å². The molecule has 0 radical (unpaired) electrons. The topological polar surface area (TPSA) is 70.0 Å². The van der Waals surface area contributed by atoms with E-state index >= 15 is 0 Å². The molecule has 0 spiro atoms. The normalized spacial score (nSPS) is 14.1. The van der Waals surface area contributed by atoms with E-state index in [1.54, 1.807) is 0 Å². The van der Waals surface area contributed by atoms with Crippen molar-refractivity contribution in [2.45, 2.75) is 37.9 Å². The molecule has 0 aliphatic heterocycles. The third-order valence-corrected chi connectivity index (χ3v) is 5.56. The van der Waals surface area contributed by atoms with Crippen LogP contribution in [0.4, 0.5) is 32.0 Å². The lowest BCUT2D eigenvalue weighted by Gasteiger charge is -2.18. The van der Waals surface area contributed by atoms with Crippen LogP contribution in [0.1, 0.15) is 31.9 Å². The van der Waals surface area contributed by atoms with E-state index in [0.29, 0.717) is 18.3 Å². The first-order valence-corrected chi connectivity index (χ1v) is 8.39. The van der Waals surface area contributed by atoms with Gasteiger partial charge in [0.1, 0.15) is 6.07 Å². The third-order valence-electron chi connectivity index (χ3n) is 3.16. The number of nitriles is 1. The number of hydrogen-bond acceptors (Lipinski definition) is 4. The molecule has 144 valence electrons. The Morgan fingerprint density at radius 3 is 1.73 bits per heavy atom. The number of alkyl halides is 6. The van der Waals surface area contributed by atoms with Crippen LogP contribution >= 0.6 is 0 Å². The summed E-state index contributed by atoms with van der Waals surface area (Å²) < 4.78 is 99.7. The standard InChI is InChI=1S/C15H14F6N2O2S/c1-13(2,3)26(24,25)12(7-22)8-23-11-5-9(14(16,17)18)4-10(6-11)15(19,20)21/h4-6,8,23H,1-3H3/b12-8-. The minimum Gasteiger partial charge on any atom is -0.360 e.